The molecule has 0 bridgehead atoms. The molecule has 1 aromatic carbocycles. The fourth-order valence-corrected chi connectivity index (χ4v) is 2.16. The molecule has 0 radical (unpaired) electrons. The molecule has 0 aliphatic carbocycles. The number of rotatable bonds is 1. The van der Waals surface area contributed by atoms with Crippen LogP contribution in [0.1, 0.15) is 32.0 Å². The van der Waals surface area contributed by atoms with E-state index >= 15 is 0 Å². The molecule has 0 saturated heterocycles. The third-order valence-electron chi connectivity index (χ3n) is 2.98. The number of benzene rings is 1. The van der Waals surface area contributed by atoms with Gasteiger partial charge in [-0.3, -0.25) is 0 Å². The van der Waals surface area contributed by atoms with Gasteiger partial charge < -0.3 is 9.84 Å². The summed E-state index contributed by atoms with van der Waals surface area (Å²) < 4.78 is 6.85. The molecule has 0 unspecified atom stereocenters. The summed E-state index contributed by atoms with van der Waals surface area (Å²) in [6.45, 7) is 7.17. The molecular weight excluding hydrogens is 242 g/mol. The fourth-order valence-electron chi connectivity index (χ4n) is 2.16. The average Bonchev–Trinajstić information content (AvgIpc) is 2.60. The number of carbonyl (C=O) groups excluding carboxylic acids is 1. The zero-order valence-electron chi connectivity index (χ0n) is 11.7. The van der Waals surface area contributed by atoms with Gasteiger partial charge >= 0.3 is 6.09 Å². The molecule has 2 rings (SSSR count). The maximum atomic E-state index is 12.3. The number of nitrogens with zero attached hydrogens (tertiary/aromatic N) is 1. The lowest BCUT2D eigenvalue weighted by Crippen LogP contribution is -2.28. The molecule has 4 nitrogen and oxygen atoms in total. The summed E-state index contributed by atoms with van der Waals surface area (Å²) in [6, 6.07) is 7.57. The molecule has 1 aromatic heterocycles. The van der Waals surface area contributed by atoms with Gasteiger partial charge in [-0.15, -0.1) is 0 Å². The normalized spacial score (nSPS) is 11.8. The molecule has 19 heavy (non-hydrogen) atoms. The van der Waals surface area contributed by atoms with Gasteiger partial charge in [0.15, 0.2) is 0 Å². The van der Waals surface area contributed by atoms with E-state index in [1.807, 2.05) is 52.0 Å². The van der Waals surface area contributed by atoms with Gasteiger partial charge in [-0.2, -0.15) is 0 Å². The van der Waals surface area contributed by atoms with E-state index in [1.165, 1.54) is 4.57 Å². The highest BCUT2D eigenvalue weighted by Crippen LogP contribution is 2.26. The van der Waals surface area contributed by atoms with Gasteiger partial charge in [-0.05, 0) is 39.3 Å². The minimum absolute atomic E-state index is 0.195. The van der Waals surface area contributed by atoms with Crippen LogP contribution in [0.2, 0.25) is 0 Å². The van der Waals surface area contributed by atoms with Crippen molar-refractivity contribution in [2.75, 3.05) is 0 Å². The van der Waals surface area contributed by atoms with Crippen LogP contribution in [0.5, 0.6) is 0 Å². The van der Waals surface area contributed by atoms with E-state index in [1.54, 1.807) is 0 Å². The Morgan fingerprint density at radius 1 is 1.32 bits per heavy atom. The van der Waals surface area contributed by atoms with Crippen LogP contribution in [-0.2, 0) is 11.3 Å². The average molecular weight is 261 g/mol. The number of aromatic nitrogens is 1. The fraction of sp³-hybridized carbons (Fsp3) is 0.400. The van der Waals surface area contributed by atoms with Gasteiger partial charge in [0.1, 0.15) is 5.60 Å². The van der Waals surface area contributed by atoms with Crippen molar-refractivity contribution in [1.29, 1.82) is 0 Å². The van der Waals surface area contributed by atoms with Crippen LogP contribution in [0.3, 0.4) is 0 Å². The van der Waals surface area contributed by atoms with Crippen LogP contribution in [0.25, 0.3) is 10.9 Å². The Balaban J connectivity index is 2.62. The quantitative estimate of drug-likeness (QED) is 0.857. The topological polar surface area (TPSA) is 51.5 Å². The largest absolute Gasteiger partial charge is 0.443 e. The Hall–Kier alpha value is -1.81. The van der Waals surface area contributed by atoms with Gasteiger partial charge in [-0.25, -0.2) is 9.36 Å². The summed E-state index contributed by atoms with van der Waals surface area (Å²) >= 11 is 0. The number of hydrogen-bond acceptors (Lipinski definition) is 3. The summed E-state index contributed by atoms with van der Waals surface area (Å²) in [5, 5.41) is 10.5. The first-order valence-electron chi connectivity index (χ1n) is 6.28. The lowest BCUT2D eigenvalue weighted by Gasteiger charge is -2.20. The number of aliphatic hydroxyl groups excluding tert-OH is 1. The molecule has 1 N–H and O–H groups in total. The van der Waals surface area contributed by atoms with Gasteiger partial charge in [0, 0.05) is 5.39 Å². The monoisotopic (exact) mass is 261 g/mol. The van der Waals surface area contributed by atoms with Crippen molar-refractivity contribution in [3.05, 3.63) is 35.5 Å². The molecule has 4 heteroatoms. The summed E-state index contributed by atoms with van der Waals surface area (Å²) in [4.78, 5) is 12.3. The van der Waals surface area contributed by atoms with E-state index in [2.05, 4.69) is 0 Å². The van der Waals surface area contributed by atoms with E-state index in [-0.39, 0.29) is 6.61 Å². The molecule has 0 atom stereocenters. The Morgan fingerprint density at radius 2 is 1.95 bits per heavy atom. The van der Waals surface area contributed by atoms with E-state index in [9.17, 15) is 9.90 Å². The molecule has 0 fully saturated rings. The van der Waals surface area contributed by atoms with Crippen LogP contribution in [0, 0.1) is 6.92 Å². The van der Waals surface area contributed by atoms with Crippen LogP contribution < -0.4 is 0 Å². The highest BCUT2D eigenvalue weighted by atomic mass is 16.6. The smallest absolute Gasteiger partial charge is 0.419 e. The summed E-state index contributed by atoms with van der Waals surface area (Å²) in [6.07, 6.45) is -0.458. The first-order chi connectivity index (χ1) is 8.85. The molecule has 0 amide bonds. The highest BCUT2D eigenvalue weighted by molar-refractivity contribution is 5.93. The molecule has 0 saturated carbocycles. The van der Waals surface area contributed by atoms with Crippen LogP contribution >= 0.6 is 0 Å². The van der Waals surface area contributed by atoms with Crippen molar-refractivity contribution < 1.29 is 14.6 Å². The second-order valence-corrected chi connectivity index (χ2v) is 5.56. The first-order valence-corrected chi connectivity index (χ1v) is 6.28. The van der Waals surface area contributed by atoms with Crippen molar-refractivity contribution in [3.63, 3.8) is 0 Å². The van der Waals surface area contributed by atoms with E-state index in [4.69, 9.17) is 4.74 Å². The molecule has 0 spiro atoms. The Labute approximate surface area is 112 Å². The predicted molar refractivity (Wildman–Crippen MR) is 74.2 cm³/mol. The number of carbonyl (C=O) groups is 1. The number of hydrogen-bond donors (Lipinski definition) is 1. The summed E-state index contributed by atoms with van der Waals surface area (Å²) in [5.41, 5.74) is 1.68. The van der Waals surface area contributed by atoms with Crippen LogP contribution in [0.15, 0.2) is 24.3 Å². The zero-order chi connectivity index (χ0) is 14.2. The number of fused-ring (bicyclic) bond motifs is 1. The lowest BCUT2D eigenvalue weighted by atomic mass is 10.1. The van der Waals surface area contributed by atoms with Crippen LogP contribution in [0.4, 0.5) is 4.79 Å². The minimum atomic E-state index is -0.566. The molecular formula is C15H19NO3. The number of aryl methyl sites for hydroxylation is 1. The lowest BCUT2D eigenvalue weighted by molar-refractivity contribution is 0.0533. The molecule has 102 valence electrons. The van der Waals surface area contributed by atoms with Gasteiger partial charge in [0.2, 0.25) is 0 Å². The SMILES string of the molecule is Cc1c(CO)n(C(=O)OC(C)(C)C)c2ccccc12. The van der Waals surface area contributed by atoms with E-state index < -0.39 is 11.7 Å². The van der Waals surface area contributed by atoms with Crippen molar-refractivity contribution in [2.45, 2.75) is 39.9 Å². The maximum Gasteiger partial charge on any atom is 0.419 e. The Bertz CT molecular complexity index is 620. The molecule has 0 aliphatic heterocycles. The van der Waals surface area contributed by atoms with Gasteiger partial charge in [0.25, 0.3) is 0 Å². The highest BCUT2D eigenvalue weighted by Gasteiger charge is 2.23. The summed E-state index contributed by atoms with van der Waals surface area (Å²) in [5.74, 6) is 0. The summed E-state index contributed by atoms with van der Waals surface area (Å²) in [7, 11) is 0. The third-order valence-corrected chi connectivity index (χ3v) is 2.98. The predicted octanol–water partition coefficient (Wildman–Crippen LogP) is 3.23. The third kappa shape index (κ3) is 2.49. The molecule has 2 aromatic rings. The second kappa shape index (κ2) is 4.70. The number of aliphatic hydroxyl groups is 1. The first kappa shape index (κ1) is 13.6. The van der Waals surface area contributed by atoms with Gasteiger partial charge in [-0.1, -0.05) is 18.2 Å². The zero-order valence-corrected chi connectivity index (χ0v) is 11.7. The number of ether oxygens (including phenoxy) is 1. The maximum absolute atomic E-state index is 12.3. The minimum Gasteiger partial charge on any atom is -0.443 e. The van der Waals surface area contributed by atoms with Crippen molar-refractivity contribution in [1.82, 2.24) is 4.57 Å². The van der Waals surface area contributed by atoms with E-state index in [0.717, 1.165) is 16.5 Å². The van der Waals surface area contributed by atoms with Gasteiger partial charge in [0.05, 0.1) is 17.8 Å². The van der Waals surface area contributed by atoms with Crippen molar-refractivity contribution in [2.24, 2.45) is 0 Å². The van der Waals surface area contributed by atoms with Crippen molar-refractivity contribution >= 4 is 17.0 Å². The molecule has 0 aliphatic rings. The molecule has 1 heterocycles. The standard InChI is InChI=1S/C15H19NO3/c1-10-11-7-5-6-8-12(11)16(13(10)9-17)14(18)19-15(2,3)4/h5-8,17H,9H2,1-4H3. The van der Waals surface area contributed by atoms with Crippen molar-refractivity contribution in [3.8, 4) is 0 Å². The second-order valence-electron chi connectivity index (χ2n) is 5.56. The number of para-hydroxylation sites is 1. The van der Waals surface area contributed by atoms with Crippen LogP contribution in [-0.4, -0.2) is 21.4 Å². The Kier molecular flexibility index (Phi) is 3.37. The Morgan fingerprint density at radius 3 is 2.53 bits per heavy atom. The van der Waals surface area contributed by atoms with E-state index in [0.29, 0.717) is 5.69 Å².